The molecule has 0 amide bonds. The molecule has 1 heterocycles. The fraction of sp³-hybridized carbons (Fsp3) is 0.571. The van der Waals surface area contributed by atoms with Crippen LogP contribution in [-0.4, -0.2) is 49.6 Å². The van der Waals surface area contributed by atoms with Crippen molar-refractivity contribution in [3.63, 3.8) is 0 Å². The van der Waals surface area contributed by atoms with Gasteiger partial charge in [0.05, 0.1) is 5.56 Å². The van der Waals surface area contributed by atoms with E-state index in [9.17, 15) is 13.2 Å². The molecule has 0 radical (unpaired) electrons. The molecule has 0 saturated carbocycles. The van der Waals surface area contributed by atoms with Crippen LogP contribution in [0.2, 0.25) is 0 Å². The van der Waals surface area contributed by atoms with Gasteiger partial charge >= 0.3 is 6.18 Å². The summed E-state index contributed by atoms with van der Waals surface area (Å²) >= 11 is 0. The lowest BCUT2D eigenvalue weighted by molar-refractivity contribution is -0.137. The monoisotopic (exact) mass is 287 g/mol. The predicted octanol–water partition coefficient (Wildman–Crippen LogP) is 1.95. The molecule has 1 atom stereocenters. The van der Waals surface area contributed by atoms with Crippen LogP contribution >= 0.6 is 0 Å². The van der Waals surface area contributed by atoms with Crippen LogP contribution in [0.4, 0.5) is 13.2 Å². The van der Waals surface area contributed by atoms with E-state index < -0.39 is 11.7 Å². The van der Waals surface area contributed by atoms with Crippen molar-refractivity contribution in [1.82, 2.24) is 9.80 Å². The number of likely N-dealkylation sites (N-methyl/N-ethyl adjacent to an activating group) is 1. The van der Waals surface area contributed by atoms with Gasteiger partial charge in [0.1, 0.15) is 0 Å². The number of nitrogens with two attached hydrogens (primary N) is 1. The summed E-state index contributed by atoms with van der Waals surface area (Å²) in [5.74, 6) is 0. The van der Waals surface area contributed by atoms with Crippen LogP contribution in [0, 0.1) is 0 Å². The first kappa shape index (κ1) is 15.3. The second-order valence-electron chi connectivity index (χ2n) is 5.21. The van der Waals surface area contributed by atoms with E-state index >= 15 is 0 Å². The number of benzene rings is 1. The van der Waals surface area contributed by atoms with Gasteiger partial charge in [0.15, 0.2) is 0 Å². The zero-order valence-electron chi connectivity index (χ0n) is 11.5. The Labute approximate surface area is 117 Å². The van der Waals surface area contributed by atoms with Crippen LogP contribution in [0.5, 0.6) is 0 Å². The molecule has 2 N–H and O–H groups in total. The number of piperazine rings is 1. The normalized spacial score (nSPS) is 20.1. The Balaban J connectivity index is 2.19. The second kappa shape index (κ2) is 6.11. The highest BCUT2D eigenvalue weighted by molar-refractivity contribution is 5.28. The molecule has 1 fully saturated rings. The van der Waals surface area contributed by atoms with E-state index in [1.165, 1.54) is 12.1 Å². The van der Waals surface area contributed by atoms with E-state index in [0.717, 1.165) is 32.2 Å². The van der Waals surface area contributed by atoms with Gasteiger partial charge in [0.2, 0.25) is 0 Å². The summed E-state index contributed by atoms with van der Waals surface area (Å²) in [6, 6.07) is 5.35. The van der Waals surface area contributed by atoms with E-state index in [1.54, 1.807) is 6.07 Å². The Morgan fingerprint density at radius 2 is 1.85 bits per heavy atom. The van der Waals surface area contributed by atoms with Gasteiger partial charge in [0.25, 0.3) is 0 Å². The quantitative estimate of drug-likeness (QED) is 0.922. The van der Waals surface area contributed by atoms with Crippen LogP contribution in [-0.2, 0) is 6.18 Å². The van der Waals surface area contributed by atoms with Gasteiger partial charge in [-0.3, -0.25) is 4.90 Å². The van der Waals surface area contributed by atoms with Crippen molar-refractivity contribution in [2.24, 2.45) is 5.73 Å². The van der Waals surface area contributed by atoms with Crippen LogP contribution in [0.3, 0.4) is 0 Å². The van der Waals surface area contributed by atoms with Crippen molar-refractivity contribution < 1.29 is 13.2 Å². The third-order valence-corrected chi connectivity index (χ3v) is 3.80. The lowest BCUT2D eigenvalue weighted by Gasteiger charge is -2.37. The fourth-order valence-corrected chi connectivity index (χ4v) is 2.55. The minimum atomic E-state index is -4.31. The number of hydrogen-bond acceptors (Lipinski definition) is 3. The Hall–Kier alpha value is -1.11. The number of alkyl halides is 3. The summed E-state index contributed by atoms with van der Waals surface area (Å²) in [5, 5.41) is 0. The predicted molar refractivity (Wildman–Crippen MR) is 72.3 cm³/mol. The van der Waals surface area contributed by atoms with Crippen LogP contribution in [0.1, 0.15) is 17.2 Å². The first-order valence-corrected chi connectivity index (χ1v) is 6.71. The first-order chi connectivity index (χ1) is 9.41. The molecular formula is C14H20F3N3. The van der Waals surface area contributed by atoms with E-state index in [-0.39, 0.29) is 6.04 Å². The molecule has 3 nitrogen and oxygen atoms in total. The molecule has 2 rings (SSSR count). The Kier molecular flexibility index (Phi) is 4.67. The summed E-state index contributed by atoms with van der Waals surface area (Å²) in [6.07, 6.45) is -4.31. The molecule has 0 aliphatic carbocycles. The summed E-state index contributed by atoms with van der Waals surface area (Å²) in [7, 11) is 2.04. The van der Waals surface area contributed by atoms with E-state index in [0.29, 0.717) is 12.1 Å². The van der Waals surface area contributed by atoms with E-state index in [4.69, 9.17) is 5.73 Å². The van der Waals surface area contributed by atoms with Gasteiger partial charge in [-0.15, -0.1) is 0 Å². The molecule has 1 aromatic carbocycles. The van der Waals surface area contributed by atoms with Crippen LogP contribution < -0.4 is 5.73 Å². The molecule has 6 heteroatoms. The molecule has 0 bridgehead atoms. The maximum atomic E-state index is 12.8. The highest BCUT2D eigenvalue weighted by Gasteiger charge is 2.31. The molecule has 1 aliphatic heterocycles. The number of nitrogens with zero attached hydrogens (tertiary/aromatic N) is 2. The summed E-state index contributed by atoms with van der Waals surface area (Å²) in [5.41, 5.74) is 5.83. The van der Waals surface area contributed by atoms with Gasteiger partial charge in [-0.05, 0) is 24.7 Å². The minimum Gasteiger partial charge on any atom is -0.329 e. The Bertz CT molecular complexity index is 440. The minimum absolute atomic E-state index is 0.147. The molecule has 0 spiro atoms. The molecule has 0 aromatic heterocycles. The molecule has 20 heavy (non-hydrogen) atoms. The third-order valence-electron chi connectivity index (χ3n) is 3.80. The summed E-state index contributed by atoms with van der Waals surface area (Å²) in [4.78, 5) is 4.37. The van der Waals surface area contributed by atoms with Crippen LogP contribution in [0.15, 0.2) is 24.3 Å². The number of halogens is 3. The van der Waals surface area contributed by atoms with Gasteiger partial charge < -0.3 is 10.6 Å². The standard InChI is InChI=1S/C14H20F3N3/c1-19-5-7-20(8-6-19)13(10-18)11-3-2-4-12(9-11)14(15,16)17/h2-4,9,13H,5-8,10,18H2,1H3. The lowest BCUT2D eigenvalue weighted by atomic mass is 10.0. The molecule has 1 aromatic rings. The average molecular weight is 287 g/mol. The topological polar surface area (TPSA) is 32.5 Å². The maximum absolute atomic E-state index is 12.8. The van der Waals surface area contributed by atoms with Gasteiger partial charge in [0, 0.05) is 38.8 Å². The van der Waals surface area contributed by atoms with Crippen molar-refractivity contribution in [3.05, 3.63) is 35.4 Å². The lowest BCUT2D eigenvalue weighted by Crippen LogP contribution is -2.47. The van der Waals surface area contributed by atoms with E-state index in [2.05, 4.69) is 9.80 Å². The molecule has 1 aliphatic rings. The molecule has 1 saturated heterocycles. The zero-order chi connectivity index (χ0) is 14.8. The van der Waals surface area contributed by atoms with E-state index in [1.807, 2.05) is 7.05 Å². The van der Waals surface area contributed by atoms with Crippen molar-refractivity contribution in [3.8, 4) is 0 Å². The number of hydrogen-bond donors (Lipinski definition) is 1. The van der Waals surface area contributed by atoms with Gasteiger partial charge in [-0.25, -0.2) is 0 Å². The average Bonchev–Trinajstić information content (AvgIpc) is 2.41. The zero-order valence-corrected chi connectivity index (χ0v) is 11.5. The van der Waals surface area contributed by atoms with Crippen molar-refractivity contribution in [2.45, 2.75) is 12.2 Å². The molecule has 1 unspecified atom stereocenters. The smallest absolute Gasteiger partial charge is 0.329 e. The number of rotatable bonds is 3. The summed E-state index contributed by atoms with van der Waals surface area (Å²) in [6.45, 7) is 3.80. The van der Waals surface area contributed by atoms with Gasteiger partial charge in [-0.2, -0.15) is 13.2 Å². The van der Waals surface area contributed by atoms with Gasteiger partial charge in [-0.1, -0.05) is 12.1 Å². The second-order valence-corrected chi connectivity index (χ2v) is 5.21. The first-order valence-electron chi connectivity index (χ1n) is 6.71. The third kappa shape index (κ3) is 3.50. The SMILES string of the molecule is CN1CCN(C(CN)c2cccc(C(F)(F)F)c2)CC1. The largest absolute Gasteiger partial charge is 0.416 e. The van der Waals surface area contributed by atoms with Crippen molar-refractivity contribution in [2.75, 3.05) is 39.8 Å². The molecule has 112 valence electrons. The Morgan fingerprint density at radius 1 is 1.20 bits per heavy atom. The maximum Gasteiger partial charge on any atom is 0.416 e. The summed E-state index contributed by atoms with van der Waals surface area (Å²) < 4.78 is 38.3. The highest BCUT2D eigenvalue weighted by Crippen LogP contribution is 2.31. The van der Waals surface area contributed by atoms with Crippen molar-refractivity contribution in [1.29, 1.82) is 0 Å². The van der Waals surface area contributed by atoms with Crippen molar-refractivity contribution >= 4 is 0 Å². The van der Waals surface area contributed by atoms with Crippen LogP contribution in [0.25, 0.3) is 0 Å². The Morgan fingerprint density at radius 3 is 2.40 bits per heavy atom. The molecular weight excluding hydrogens is 267 g/mol. The highest BCUT2D eigenvalue weighted by atomic mass is 19.4. The fourth-order valence-electron chi connectivity index (χ4n) is 2.55.